The van der Waals surface area contributed by atoms with Crippen LogP contribution in [0.2, 0.25) is 0 Å². The lowest BCUT2D eigenvalue weighted by atomic mass is 10.0. The summed E-state index contributed by atoms with van der Waals surface area (Å²) in [6.07, 6.45) is 1.94. The van der Waals surface area contributed by atoms with Crippen molar-refractivity contribution >= 4 is 5.91 Å². The van der Waals surface area contributed by atoms with Gasteiger partial charge in [0.1, 0.15) is 0 Å². The van der Waals surface area contributed by atoms with Crippen molar-refractivity contribution in [3.8, 4) is 0 Å². The molecule has 0 radical (unpaired) electrons. The Kier molecular flexibility index (Phi) is 6.37. The number of hydrogen-bond acceptors (Lipinski definition) is 4. The lowest BCUT2D eigenvalue weighted by Crippen LogP contribution is -2.42. The van der Waals surface area contributed by atoms with Crippen molar-refractivity contribution in [3.05, 3.63) is 0 Å². The first-order valence-electron chi connectivity index (χ1n) is 5.81. The first-order chi connectivity index (χ1) is 7.79. The van der Waals surface area contributed by atoms with Crippen molar-refractivity contribution in [1.82, 2.24) is 10.6 Å². The summed E-state index contributed by atoms with van der Waals surface area (Å²) in [6.45, 7) is 2.62. The largest absolute Gasteiger partial charge is 0.385 e. The van der Waals surface area contributed by atoms with Gasteiger partial charge in [-0.3, -0.25) is 4.79 Å². The molecule has 94 valence electrons. The van der Waals surface area contributed by atoms with E-state index in [2.05, 4.69) is 10.6 Å². The Morgan fingerprint density at radius 3 is 2.94 bits per heavy atom. The zero-order valence-electron chi connectivity index (χ0n) is 10.1. The predicted octanol–water partition coefficient (Wildman–Crippen LogP) is -0.236. The molecule has 0 aliphatic carbocycles. The van der Waals surface area contributed by atoms with Gasteiger partial charge in [-0.25, -0.2) is 0 Å². The van der Waals surface area contributed by atoms with Crippen molar-refractivity contribution < 1.29 is 14.3 Å². The molecule has 2 atom stereocenters. The van der Waals surface area contributed by atoms with Gasteiger partial charge < -0.3 is 20.1 Å². The molecular weight excluding hydrogens is 208 g/mol. The number of likely N-dealkylation sites (N-methyl/N-ethyl adjacent to an activating group) is 1. The molecule has 2 N–H and O–H groups in total. The van der Waals surface area contributed by atoms with Crippen molar-refractivity contribution in [2.45, 2.75) is 18.9 Å². The summed E-state index contributed by atoms with van der Waals surface area (Å²) >= 11 is 0. The van der Waals surface area contributed by atoms with Crippen LogP contribution in [0, 0.1) is 5.92 Å². The number of nitrogens with one attached hydrogen (secondary N) is 2. The number of rotatable bonds is 7. The van der Waals surface area contributed by atoms with E-state index in [9.17, 15) is 4.79 Å². The second-order valence-corrected chi connectivity index (χ2v) is 4.03. The summed E-state index contributed by atoms with van der Waals surface area (Å²) in [5.74, 6) is 0.0432. The van der Waals surface area contributed by atoms with Crippen molar-refractivity contribution in [2.75, 3.05) is 40.5 Å². The van der Waals surface area contributed by atoms with E-state index in [1.807, 2.05) is 7.05 Å². The summed E-state index contributed by atoms with van der Waals surface area (Å²) in [5, 5.41) is 6.03. The highest BCUT2D eigenvalue weighted by Crippen LogP contribution is 2.13. The summed E-state index contributed by atoms with van der Waals surface area (Å²) in [7, 11) is 3.55. The second kappa shape index (κ2) is 7.60. The Hall–Kier alpha value is -0.650. The fourth-order valence-corrected chi connectivity index (χ4v) is 1.81. The average Bonchev–Trinajstić information content (AvgIpc) is 2.76. The zero-order valence-corrected chi connectivity index (χ0v) is 10.1. The van der Waals surface area contributed by atoms with E-state index >= 15 is 0 Å². The minimum Gasteiger partial charge on any atom is -0.385 e. The van der Waals surface area contributed by atoms with Gasteiger partial charge in [0.25, 0.3) is 0 Å². The van der Waals surface area contributed by atoms with E-state index in [0.717, 1.165) is 26.0 Å². The molecule has 0 aromatic heterocycles. The Balaban J connectivity index is 2.14. The van der Waals surface area contributed by atoms with E-state index in [1.54, 1.807) is 7.11 Å². The van der Waals surface area contributed by atoms with Gasteiger partial charge in [-0.1, -0.05) is 0 Å². The predicted molar refractivity (Wildman–Crippen MR) is 61.3 cm³/mol. The SMILES string of the molecule is CNC1COCC1C(=O)NCCCCOC. The van der Waals surface area contributed by atoms with Crippen molar-refractivity contribution in [1.29, 1.82) is 0 Å². The third kappa shape index (κ3) is 4.08. The van der Waals surface area contributed by atoms with Gasteiger partial charge in [-0.05, 0) is 19.9 Å². The zero-order chi connectivity index (χ0) is 11.8. The van der Waals surface area contributed by atoms with E-state index in [0.29, 0.717) is 13.2 Å². The number of ether oxygens (including phenoxy) is 2. The summed E-state index contributed by atoms with van der Waals surface area (Å²) < 4.78 is 10.2. The fourth-order valence-electron chi connectivity index (χ4n) is 1.81. The van der Waals surface area contributed by atoms with Crippen LogP contribution in [0.25, 0.3) is 0 Å². The van der Waals surface area contributed by atoms with Crippen LogP contribution in [-0.2, 0) is 14.3 Å². The molecule has 0 aromatic rings. The first-order valence-corrected chi connectivity index (χ1v) is 5.81. The maximum Gasteiger partial charge on any atom is 0.227 e. The molecule has 0 spiro atoms. The normalized spacial score (nSPS) is 24.6. The number of methoxy groups -OCH3 is 1. The molecule has 0 aromatic carbocycles. The van der Waals surface area contributed by atoms with Gasteiger partial charge in [-0.15, -0.1) is 0 Å². The molecule has 16 heavy (non-hydrogen) atoms. The molecule has 1 heterocycles. The fraction of sp³-hybridized carbons (Fsp3) is 0.909. The Morgan fingerprint density at radius 2 is 2.25 bits per heavy atom. The molecule has 1 rings (SSSR count). The van der Waals surface area contributed by atoms with E-state index in [1.165, 1.54) is 0 Å². The second-order valence-electron chi connectivity index (χ2n) is 4.03. The Labute approximate surface area is 96.9 Å². The molecule has 1 saturated heterocycles. The molecule has 1 fully saturated rings. The maximum atomic E-state index is 11.8. The standard InChI is InChI=1S/C11H22N2O3/c1-12-10-8-16-7-9(10)11(14)13-5-3-4-6-15-2/h9-10,12H,3-8H2,1-2H3,(H,13,14). The molecule has 0 bridgehead atoms. The molecule has 5 nitrogen and oxygen atoms in total. The Morgan fingerprint density at radius 1 is 1.44 bits per heavy atom. The summed E-state index contributed by atoms with van der Waals surface area (Å²) in [5.41, 5.74) is 0. The number of amides is 1. The first kappa shape index (κ1) is 13.4. The van der Waals surface area contributed by atoms with Crippen LogP contribution in [0.1, 0.15) is 12.8 Å². The Bertz CT molecular complexity index is 211. The topological polar surface area (TPSA) is 59.6 Å². The van der Waals surface area contributed by atoms with Gasteiger partial charge in [0, 0.05) is 26.3 Å². The lowest BCUT2D eigenvalue weighted by molar-refractivity contribution is -0.125. The summed E-state index contributed by atoms with van der Waals surface area (Å²) in [6, 6.07) is 0.152. The van der Waals surface area contributed by atoms with Crippen LogP contribution in [0.4, 0.5) is 0 Å². The molecule has 5 heteroatoms. The summed E-state index contributed by atoms with van der Waals surface area (Å²) in [4.78, 5) is 11.8. The van der Waals surface area contributed by atoms with Crippen LogP contribution < -0.4 is 10.6 Å². The van der Waals surface area contributed by atoms with Crippen molar-refractivity contribution in [3.63, 3.8) is 0 Å². The molecule has 1 aliphatic heterocycles. The van der Waals surface area contributed by atoms with Crippen molar-refractivity contribution in [2.24, 2.45) is 5.92 Å². The van der Waals surface area contributed by atoms with Crippen LogP contribution >= 0.6 is 0 Å². The van der Waals surface area contributed by atoms with E-state index < -0.39 is 0 Å². The molecule has 1 aliphatic rings. The number of carbonyl (C=O) groups is 1. The molecule has 1 amide bonds. The highest BCUT2D eigenvalue weighted by Gasteiger charge is 2.32. The quantitative estimate of drug-likeness (QED) is 0.593. The average molecular weight is 230 g/mol. The molecule has 2 unspecified atom stereocenters. The third-order valence-corrected chi connectivity index (χ3v) is 2.86. The minimum atomic E-state index is -0.0487. The van der Waals surface area contributed by atoms with Crippen LogP contribution in [0.3, 0.4) is 0 Å². The minimum absolute atomic E-state index is 0.0487. The van der Waals surface area contributed by atoms with Crippen LogP contribution in [0.5, 0.6) is 0 Å². The molecule has 0 saturated carbocycles. The van der Waals surface area contributed by atoms with E-state index in [4.69, 9.17) is 9.47 Å². The van der Waals surface area contributed by atoms with Gasteiger partial charge in [0.15, 0.2) is 0 Å². The highest BCUT2D eigenvalue weighted by atomic mass is 16.5. The smallest absolute Gasteiger partial charge is 0.227 e. The third-order valence-electron chi connectivity index (χ3n) is 2.86. The maximum absolute atomic E-state index is 11.8. The number of unbranched alkanes of at least 4 members (excludes halogenated alkanes) is 1. The van der Waals surface area contributed by atoms with Crippen LogP contribution in [-0.4, -0.2) is 52.5 Å². The van der Waals surface area contributed by atoms with Gasteiger partial charge in [-0.2, -0.15) is 0 Å². The molecular formula is C11H22N2O3. The number of carbonyl (C=O) groups excluding carboxylic acids is 1. The number of hydrogen-bond donors (Lipinski definition) is 2. The van der Waals surface area contributed by atoms with Gasteiger partial charge in [0.05, 0.1) is 19.1 Å². The lowest BCUT2D eigenvalue weighted by Gasteiger charge is -2.16. The van der Waals surface area contributed by atoms with Gasteiger partial charge in [0.2, 0.25) is 5.91 Å². The monoisotopic (exact) mass is 230 g/mol. The van der Waals surface area contributed by atoms with E-state index in [-0.39, 0.29) is 17.9 Å². The van der Waals surface area contributed by atoms with Gasteiger partial charge >= 0.3 is 0 Å². The highest BCUT2D eigenvalue weighted by molar-refractivity contribution is 5.79. The van der Waals surface area contributed by atoms with Crippen LogP contribution in [0.15, 0.2) is 0 Å².